The van der Waals surface area contributed by atoms with Crippen LogP contribution in [-0.2, 0) is 0 Å². The molecule has 0 amide bonds. The van der Waals surface area contributed by atoms with Crippen LogP contribution >= 0.6 is 23.5 Å². The molecule has 0 aliphatic carbocycles. The first kappa shape index (κ1) is 65.5. The molecule has 2 aliphatic heterocycles. The minimum absolute atomic E-state index is 0.328. The Morgan fingerprint density at radius 3 is 1.48 bits per heavy atom. The number of ether oxygens (including phenoxy) is 2. The number of aromatic nitrogens is 6. The van der Waals surface area contributed by atoms with Crippen molar-refractivity contribution in [1.29, 1.82) is 0 Å². The molecule has 472 valence electrons. The second kappa shape index (κ2) is 28.3. The van der Waals surface area contributed by atoms with Gasteiger partial charge < -0.3 is 25.0 Å². The highest BCUT2D eigenvalue weighted by molar-refractivity contribution is 8.14. The van der Waals surface area contributed by atoms with E-state index in [9.17, 15) is 43.9 Å². The van der Waals surface area contributed by atoms with Crippen molar-refractivity contribution in [3.8, 4) is 45.6 Å². The van der Waals surface area contributed by atoms with E-state index in [2.05, 4.69) is 107 Å². The highest BCUT2D eigenvalue weighted by Crippen LogP contribution is 2.40. The first-order valence-electron chi connectivity index (χ1n) is 28.1. The van der Waals surface area contributed by atoms with Crippen LogP contribution in [-0.4, -0.2) is 121 Å². The number of anilines is 3. The number of halogens is 10. The molecule has 6 aromatic carbocycles. The topological polar surface area (TPSA) is 160 Å². The Morgan fingerprint density at radius 1 is 0.533 bits per heavy atom. The van der Waals surface area contributed by atoms with Gasteiger partial charge in [-0.3, -0.25) is 0 Å². The van der Waals surface area contributed by atoms with Crippen molar-refractivity contribution >= 4 is 69.6 Å². The van der Waals surface area contributed by atoms with Crippen molar-refractivity contribution in [2.75, 3.05) is 54.2 Å². The number of nitrogens with zero attached hydrogens (tertiary/aromatic N) is 12. The van der Waals surface area contributed by atoms with Crippen LogP contribution in [0.1, 0.15) is 74.6 Å². The summed E-state index contributed by atoms with van der Waals surface area (Å²) >= 11 is 3.36. The van der Waals surface area contributed by atoms with Crippen LogP contribution in [0.25, 0.3) is 34.2 Å². The van der Waals surface area contributed by atoms with Gasteiger partial charge in [-0.1, -0.05) is 136 Å². The number of para-hydroxylation sites is 2. The van der Waals surface area contributed by atoms with E-state index in [1.807, 2.05) is 77.8 Å². The Hall–Kier alpha value is -8.92. The number of aliphatic imine (C=N–C) groups is 1. The van der Waals surface area contributed by atoms with Crippen LogP contribution in [0.2, 0.25) is 0 Å². The lowest BCUT2D eigenvalue weighted by Gasteiger charge is -2.31. The molecule has 0 radical (unpaired) electrons. The second-order valence-corrected chi connectivity index (χ2v) is 22.8. The maximum atomic E-state index is 13.3. The molecule has 2 N–H and O–H groups in total. The average molecular weight is 1290 g/mol. The zero-order valence-corrected chi connectivity index (χ0v) is 50.8. The molecule has 0 spiro atoms. The van der Waals surface area contributed by atoms with Crippen LogP contribution in [0.4, 0.5) is 67.2 Å². The zero-order chi connectivity index (χ0) is 64.4. The molecule has 2 fully saturated rings. The first-order chi connectivity index (χ1) is 42.9. The fourth-order valence-corrected chi connectivity index (χ4v) is 10.8. The van der Waals surface area contributed by atoms with Gasteiger partial charge in [-0.05, 0) is 108 Å². The smallest absolute Gasteiger partial charge is 0.426 e. The molecule has 16 nitrogen and oxygen atoms in total. The van der Waals surface area contributed by atoms with E-state index in [1.54, 1.807) is 50.0 Å². The Bertz CT molecular complexity index is 3840. The van der Waals surface area contributed by atoms with Crippen molar-refractivity contribution in [3.05, 3.63) is 168 Å². The molecule has 28 heteroatoms. The second-order valence-electron chi connectivity index (χ2n) is 20.7. The van der Waals surface area contributed by atoms with Gasteiger partial charge in [-0.25, -0.2) is 10.0 Å². The lowest BCUT2D eigenvalue weighted by atomic mass is 10.0. The van der Waals surface area contributed by atoms with Crippen LogP contribution in [0.5, 0.6) is 11.5 Å². The Kier molecular flexibility index (Phi) is 20.6. The lowest BCUT2D eigenvalue weighted by Crippen LogP contribution is -2.41. The van der Waals surface area contributed by atoms with Crippen molar-refractivity contribution in [1.82, 2.24) is 34.5 Å². The van der Waals surface area contributed by atoms with Crippen LogP contribution < -0.4 is 25.0 Å². The molecule has 0 saturated carbocycles. The number of amidine groups is 2. The number of hydrogen-bond donors (Lipinski definition) is 2. The number of hydrazone groups is 1. The lowest BCUT2D eigenvalue weighted by molar-refractivity contribution is -0.360. The maximum Gasteiger partial charge on any atom is 0.499 e. The quantitative estimate of drug-likeness (QED) is 0.0476. The normalized spacial score (nSPS) is 15.3. The van der Waals surface area contributed by atoms with Gasteiger partial charge in [-0.2, -0.15) is 73.4 Å². The number of alkyl halides is 10. The third-order valence-corrected chi connectivity index (χ3v) is 15.7. The van der Waals surface area contributed by atoms with Crippen LogP contribution in [0, 0.1) is 0 Å². The van der Waals surface area contributed by atoms with Gasteiger partial charge in [0.25, 0.3) is 0 Å². The number of benzene rings is 6. The molecule has 2 aliphatic rings. The van der Waals surface area contributed by atoms with E-state index in [-0.39, 0.29) is 0 Å². The zero-order valence-electron chi connectivity index (χ0n) is 49.2. The molecular formula is C62H60F10N14O2S2. The summed E-state index contributed by atoms with van der Waals surface area (Å²) in [5.41, 5.74) is 8.36. The summed E-state index contributed by atoms with van der Waals surface area (Å²) in [4.78, 5) is 16.1. The Labute approximate surface area is 520 Å². The van der Waals surface area contributed by atoms with Crippen LogP contribution in [0.3, 0.4) is 0 Å². The highest BCUT2D eigenvalue weighted by atomic mass is 32.2. The molecular weight excluding hydrogens is 1230 g/mol. The van der Waals surface area contributed by atoms with Crippen molar-refractivity contribution in [2.24, 2.45) is 20.3 Å². The molecule has 0 bridgehead atoms. The minimum Gasteiger partial charge on any atom is -0.426 e. The SMILES string of the molecule is CNc1nc(-c2ccc(C=NN3CCCSC3=Nc3ccccc3C(C)C)cc2)nn1-c1ccc(OC(F)(F)C(F)(F)F)cc1.CNc1nc(-c2ccc(C=NN=C3SCCCN3c3ccccc3C(C)C)cc2)nn1-c1ccc(OC(F)(F)C(F)(F)F)cc1. The third kappa shape index (κ3) is 15.9. The van der Waals surface area contributed by atoms with Crippen molar-refractivity contribution in [3.63, 3.8) is 0 Å². The highest BCUT2D eigenvalue weighted by Gasteiger charge is 2.62. The summed E-state index contributed by atoms with van der Waals surface area (Å²) in [6.07, 6.45) is -16.8. The molecule has 8 aromatic rings. The van der Waals surface area contributed by atoms with E-state index < -0.39 is 36.1 Å². The predicted molar refractivity (Wildman–Crippen MR) is 335 cm³/mol. The third-order valence-electron chi connectivity index (χ3n) is 13.6. The van der Waals surface area contributed by atoms with Gasteiger partial charge in [0.2, 0.25) is 11.9 Å². The number of rotatable bonds is 18. The van der Waals surface area contributed by atoms with E-state index in [4.69, 9.17) is 10.1 Å². The van der Waals surface area contributed by atoms with Crippen molar-refractivity contribution in [2.45, 2.75) is 76.9 Å². The largest absolute Gasteiger partial charge is 0.499 e. The fourth-order valence-electron chi connectivity index (χ4n) is 9.01. The standard InChI is InChI=1S/2C31H30F5N7OS/c1-20(2)25-7-4-5-8-26(25)42-17-6-18-45-29(42)40-38-19-21-9-11-22(12-10-21)27-39-28(37-3)43(41-27)23-13-15-24(16-14-23)44-31(35,36)30(32,33)34;1-20(2)25-7-4-5-8-26(25)39-29-42(17-6-18-45-29)38-19-21-9-11-22(12-10-21)27-40-28(37-3)43(41-27)23-13-15-24(16-14-23)44-31(35,36)30(32,33)34/h4-5,7-16,19-20H,6,17-18H2,1-3H3,(H,37,39,41);4-5,7-16,19-20H,6,17-18H2,1-3H3,(H,37,40,41). The molecule has 0 unspecified atom stereocenters. The van der Waals surface area contributed by atoms with E-state index >= 15 is 0 Å². The van der Waals surface area contributed by atoms with Gasteiger partial charge in [-0.15, -0.1) is 15.3 Å². The van der Waals surface area contributed by atoms with Gasteiger partial charge in [0.1, 0.15) is 11.5 Å². The summed E-state index contributed by atoms with van der Waals surface area (Å²) in [5.74, 6) is 2.78. The molecule has 0 atom stereocenters. The predicted octanol–water partition coefficient (Wildman–Crippen LogP) is 16.1. The Balaban J connectivity index is 0.000000213. The molecule has 2 saturated heterocycles. The van der Waals surface area contributed by atoms with E-state index in [0.29, 0.717) is 57.9 Å². The van der Waals surface area contributed by atoms with E-state index in [0.717, 1.165) is 94.5 Å². The van der Waals surface area contributed by atoms with Gasteiger partial charge in [0, 0.05) is 55.5 Å². The monoisotopic (exact) mass is 1290 g/mol. The van der Waals surface area contributed by atoms with E-state index in [1.165, 1.54) is 44.8 Å². The van der Waals surface area contributed by atoms with Gasteiger partial charge >= 0.3 is 24.6 Å². The van der Waals surface area contributed by atoms with Gasteiger partial charge in [0.15, 0.2) is 22.0 Å². The number of thioether (sulfide) groups is 2. The molecule has 4 heterocycles. The summed E-state index contributed by atoms with van der Waals surface area (Å²) in [6.45, 7) is 10.3. The fraction of sp³-hybridized carbons (Fsp3) is 0.290. The minimum atomic E-state index is -5.84. The van der Waals surface area contributed by atoms with Gasteiger partial charge in [0.05, 0.1) is 29.5 Å². The number of hydrogen-bond acceptors (Lipinski definition) is 14. The summed E-state index contributed by atoms with van der Waals surface area (Å²) < 4.78 is 138. The average Bonchev–Trinajstić information content (AvgIpc) is 1.76. The first-order valence-corrected chi connectivity index (χ1v) is 30.1. The molecule has 10 rings (SSSR count). The van der Waals surface area contributed by atoms with Crippen LogP contribution in [0.15, 0.2) is 166 Å². The number of nitrogens with one attached hydrogen (secondary N) is 2. The molecule has 2 aromatic heterocycles. The summed E-state index contributed by atoms with van der Waals surface area (Å²) in [7, 11) is 3.25. The molecule has 90 heavy (non-hydrogen) atoms. The summed E-state index contributed by atoms with van der Waals surface area (Å²) in [5, 5.41) is 32.0. The summed E-state index contributed by atoms with van der Waals surface area (Å²) in [6, 6.07) is 40.5. The maximum absolute atomic E-state index is 13.3. The van der Waals surface area contributed by atoms with Crippen molar-refractivity contribution < 1.29 is 53.4 Å². The Morgan fingerprint density at radius 2 is 0.989 bits per heavy atom.